The van der Waals surface area contributed by atoms with E-state index in [2.05, 4.69) is 0 Å². The number of amides is 1. The Hall–Kier alpha value is -2.50. The second-order valence-electron chi connectivity index (χ2n) is 7.68. The molecule has 2 aromatic carbocycles. The van der Waals surface area contributed by atoms with Crippen LogP contribution in [-0.2, 0) is 33.4 Å². The molecule has 1 aliphatic heterocycles. The maximum Gasteiger partial charge on any atom is 0.425 e. The number of rotatable bonds is 10. The SMILES string of the molecule is COCCOCCOC[C@H]1COS(=O)(=O)N1C(=O)OCC1c2ccccc2-c2ccccc21. The number of methoxy groups -OCH3 is 1. The highest BCUT2D eigenvalue weighted by Gasteiger charge is 2.44. The third kappa shape index (κ3) is 5.20. The predicted octanol–water partition coefficient (Wildman–Crippen LogP) is 2.56. The number of ether oxygens (including phenoxy) is 4. The van der Waals surface area contributed by atoms with Gasteiger partial charge >= 0.3 is 16.4 Å². The number of hydrogen-bond donors (Lipinski definition) is 0. The lowest BCUT2D eigenvalue weighted by Gasteiger charge is -2.22. The summed E-state index contributed by atoms with van der Waals surface area (Å²) in [4.78, 5) is 12.8. The zero-order chi connectivity index (χ0) is 23.3. The lowest BCUT2D eigenvalue weighted by molar-refractivity contribution is 0.0132. The van der Waals surface area contributed by atoms with E-state index in [1.807, 2.05) is 48.5 Å². The van der Waals surface area contributed by atoms with Crippen LogP contribution in [0.1, 0.15) is 17.0 Å². The average molecular weight is 478 g/mol. The van der Waals surface area contributed by atoms with Gasteiger partial charge in [0.1, 0.15) is 12.6 Å². The fourth-order valence-corrected chi connectivity index (χ4v) is 5.23. The number of benzene rings is 2. The molecule has 1 fully saturated rings. The van der Waals surface area contributed by atoms with Gasteiger partial charge in [0.15, 0.2) is 0 Å². The molecule has 2 aliphatic rings. The van der Waals surface area contributed by atoms with E-state index in [-0.39, 0.29) is 32.3 Å². The van der Waals surface area contributed by atoms with E-state index in [1.165, 1.54) is 0 Å². The van der Waals surface area contributed by atoms with Crippen LogP contribution in [0.25, 0.3) is 11.1 Å². The van der Waals surface area contributed by atoms with Crippen molar-refractivity contribution in [2.45, 2.75) is 12.0 Å². The molecule has 0 aromatic heterocycles. The number of carbonyl (C=O) groups is 1. The number of carbonyl (C=O) groups excluding carboxylic acids is 1. The Morgan fingerprint density at radius 3 is 2.21 bits per heavy atom. The highest BCUT2D eigenvalue weighted by atomic mass is 32.2. The molecule has 1 amide bonds. The van der Waals surface area contributed by atoms with Crippen molar-refractivity contribution in [3.8, 4) is 11.1 Å². The Bertz CT molecular complexity index is 1030. The standard InChI is InChI=1S/C23H27NO8S/c1-28-10-11-29-12-13-30-14-17-15-32-33(26,27)24(17)23(25)31-16-22-20-8-4-2-6-18(20)19-7-3-5-9-21(19)22/h2-9,17,22H,10-16H2,1H3/t17-/m0/s1. The summed E-state index contributed by atoms with van der Waals surface area (Å²) in [6.07, 6.45) is -0.973. The summed E-state index contributed by atoms with van der Waals surface area (Å²) < 4.78 is 51.3. The molecule has 0 bridgehead atoms. The Morgan fingerprint density at radius 1 is 0.939 bits per heavy atom. The van der Waals surface area contributed by atoms with Gasteiger partial charge in [0.2, 0.25) is 0 Å². The van der Waals surface area contributed by atoms with Gasteiger partial charge in [-0.25, -0.2) is 4.79 Å². The van der Waals surface area contributed by atoms with Crippen molar-refractivity contribution < 1.29 is 36.3 Å². The quantitative estimate of drug-likeness (QED) is 0.482. The molecule has 10 heteroatoms. The van der Waals surface area contributed by atoms with E-state index in [0.717, 1.165) is 22.3 Å². The van der Waals surface area contributed by atoms with Crippen molar-refractivity contribution in [1.29, 1.82) is 0 Å². The Kier molecular flexibility index (Phi) is 7.61. The summed E-state index contributed by atoms with van der Waals surface area (Å²) in [5.74, 6) is -0.175. The topological polar surface area (TPSA) is 101 Å². The monoisotopic (exact) mass is 477 g/mol. The minimum atomic E-state index is -4.23. The van der Waals surface area contributed by atoms with Gasteiger partial charge in [-0.3, -0.25) is 4.18 Å². The zero-order valence-electron chi connectivity index (χ0n) is 18.3. The van der Waals surface area contributed by atoms with Crippen molar-refractivity contribution in [3.05, 3.63) is 59.7 Å². The zero-order valence-corrected chi connectivity index (χ0v) is 19.2. The molecule has 178 valence electrons. The molecule has 0 N–H and O–H groups in total. The van der Waals surface area contributed by atoms with Crippen molar-refractivity contribution in [1.82, 2.24) is 4.31 Å². The van der Waals surface area contributed by atoms with Crippen LogP contribution >= 0.6 is 0 Å². The summed E-state index contributed by atoms with van der Waals surface area (Å²) in [6, 6.07) is 15.0. The van der Waals surface area contributed by atoms with Crippen molar-refractivity contribution >= 4 is 16.4 Å². The Balaban J connectivity index is 1.37. The third-order valence-electron chi connectivity index (χ3n) is 5.61. The first kappa shape index (κ1) is 23.7. The third-order valence-corrected chi connectivity index (χ3v) is 6.97. The number of nitrogens with zero attached hydrogens (tertiary/aromatic N) is 1. The second-order valence-corrected chi connectivity index (χ2v) is 9.16. The Morgan fingerprint density at radius 2 is 1.55 bits per heavy atom. The molecule has 33 heavy (non-hydrogen) atoms. The van der Waals surface area contributed by atoms with Crippen molar-refractivity contribution in [2.24, 2.45) is 0 Å². The van der Waals surface area contributed by atoms with Crippen LogP contribution in [0.15, 0.2) is 48.5 Å². The number of fused-ring (bicyclic) bond motifs is 3. The largest absolute Gasteiger partial charge is 0.448 e. The van der Waals surface area contributed by atoms with E-state index >= 15 is 0 Å². The first-order valence-electron chi connectivity index (χ1n) is 10.7. The van der Waals surface area contributed by atoms with Gasteiger partial charge in [0.05, 0.1) is 39.6 Å². The summed E-state index contributed by atoms with van der Waals surface area (Å²) in [7, 11) is -2.64. The van der Waals surface area contributed by atoms with Gasteiger partial charge in [0.25, 0.3) is 0 Å². The first-order valence-corrected chi connectivity index (χ1v) is 12.1. The molecule has 0 spiro atoms. The van der Waals surface area contributed by atoms with Crippen LogP contribution in [0.4, 0.5) is 4.79 Å². The van der Waals surface area contributed by atoms with Crippen LogP contribution in [0.2, 0.25) is 0 Å². The van der Waals surface area contributed by atoms with Crippen molar-refractivity contribution in [3.63, 3.8) is 0 Å². The molecule has 4 rings (SSSR count). The maximum atomic E-state index is 12.8. The van der Waals surface area contributed by atoms with E-state index in [1.54, 1.807) is 7.11 Å². The van der Waals surface area contributed by atoms with Gasteiger partial charge in [-0.2, -0.15) is 12.7 Å². The molecule has 0 saturated carbocycles. The molecule has 1 saturated heterocycles. The predicted molar refractivity (Wildman–Crippen MR) is 119 cm³/mol. The maximum absolute atomic E-state index is 12.8. The summed E-state index contributed by atoms with van der Waals surface area (Å²) >= 11 is 0. The highest BCUT2D eigenvalue weighted by Crippen LogP contribution is 2.44. The molecular weight excluding hydrogens is 450 g/mol. The molecule has 1 heterocycles. The average Bonchev–Trinajstić information content (AvgIpc) is 3.30. The van der Waals surface area contributed by atoms with Gasteiger partial charge in [-0.1, -0.05) is 48.5 Å². The molecule has 1 atom stereocenters. The second kappa shape index (κ2) is 10.6. The molecule has 2 aromatic rings. The van der Waals surface area contributed by atoms with Crippen LogP contribution in [0.3, 0.4) is 0 Å². The van der Waals surface area contributed by atoms with Crippen LogP contribution < -0.4 is 0 Å². The summed E-state index contributed by atoms with van der Waals surface area (Å²) in [6.45, 7) is 1.30. The van der Waals surface area contributed by atoms with Gasteiger partial charge in [-0.15, -0.1) is 0 Å². The van der Waals surface area contributed by atoms with Gasteiger partial charge in [-0.05, 0) is 22.3 Å². The number of hydrogen-bond acceptors (Lipinski definition) is 8. The minimum absolute atomic E-state index is 0.0137. The lowest BCUT2D eigenvalue weighted by atomic mass is 9.98. The molecule has 1 aliphatic carbocycles. The molecule has 0 radical (unpaired) electrons. The summed E-state index contributed by atoms with van der Waals surface area (Å²) in [5, 5.41) is 0. The fourth-order valence-electron chi connectivity index (χ4n) is 4.07. The van der Waals surface area contributed by atoms with E-state index in [4.69, 9.17) is 23.1 Å². The fraction of sp³-hybridized carbons (Fsp3) is 0.435. The smallest absolute Gasteiger partial charge is 0.425 e. The van der Waals surface area contributed by atoms with Crippen molar-refractivity contribution in [2.75, 3.05) is 53.4 Å². The van der Waals surface area contributed by atoms with E-state index < -0.39 is 22.4 Å². The first-order chi connectivity index (χ1) is 16.0. The van der Waals surface area contributed by atoms with Gasteiger partial charge in [0, 0.05) is 13.0 Å². The van der Waals surface area contributed by atoms with Crippen LogP contribution in [-0.4, -0.2) is 78.2 Å². The lowest BCUT2D eigenvalue weighted by Crippen LogP contribution is -2.42. The molecule has 9 nitrogen and oxygen atoms in total. The minimum Gasteiger partial charge on any atom is -0.448 e. The summed E-state index contributed by atoms with van der Waals surface area (Å²) in [5.41, 5.74) is 4.26. The Labute approximate surface area is 193 Å². The molecule has 0 unspecified atom stereocenters. The van der Waals surface area contributed by atoms with Crippen LogP contribution in [0.5, 0.6) is 0 Å². The van der Waals surface area contributed by atoms with E-state index in [9.17, 15) is 13.2 Å². The van der Waals surface area contributed by atoms with Crippen LogP contribution in [0, 0.1) is 0 Å². The molecular formula is C23H27NO8S. The van der Waals surface area contributed by atoms with E-state index in [0.29, 0.717) is 24.1 Å². The normalized spacial score (nSPS) is 18.8. The van der Waals surface area contributed by atoms with Gasteiger partial charge < -0.3 is 18.9 Å². The highest BCUT2D eigenvalue weighted by molar-refractivity contribution is 7.85.